The second-order valence-corrected chi connectivity index (χ2v) is 7.71. The van der Waals surface area contributed by atoms with Gasteiger partial charge < -0.3 is 19.5 Å². The molecule has 0 unspecified atom stereocenters. The van der Waals surface area contributed by atoms with Crippen LogP contribution in [0.4, 0.5) is 0 Å². The fourth-order valence-electron chi connectivity index (χ4n) is 3.76. The van der Waals surface area contributed by atoms with Crippen molar-refractivity contribution >= 4 is 23.8 Å². The highest BCUT2D eigenvalue weighted by molar-refractivity contribution is 5.98. The lowest BCUT2D eigenvalue weighted by atomic mass is 9.75. The molecule has 0 aliphatic heterocycles. The normalized spacial score (nSPS) is 12.9. The lowest BCUT2D eigenvalue weighted by Gasteiger charge is -2.33. The number of carbonyl (C=O) groups is 4. The molecule has 0 bridgehead atoms. The molecule has 176 valence electrons. The highest BCUT2D eigenvalue weighted by Gasteiger charge is 2.45. The van der Waals surface area contributed by atoms with E-state index in [9.17, 15) is 19.2 Å². The molecule has 0 saturated heterocycles. The number of hydrogen-bond acceptors (Lipinski definition) is 7. The Labute approximate surface area is 193 Å². The summed E-state index contributed by atoms with van der Waals surface area (Å²) in [6.45, 7) is 3.22. The van der Waals surface area contributed by atoms with E-state index in [0.717, 1.165) is 21.3 Å². The van der Waals surface area contributed by atoms with Crippen LogP contribution in [0.15, 0.2) is 60.7 Å². The molecule has 0 fully saturated rings. The summed E-state index contributed by atoms with van der Waals surface area (Å²) in [4.78, 5) is 51.0. The fraction of sp³-hybridized carbons (Fsp3) is 0.360. The number of amides is 1. The third kappa shape index (κ3) is 5.39. The largest absolute Gasteiger partial charge is 0.468 e. The van der Waals surface area contributed by atoms with E-state index in [2.05, 4.69) is 5.32 Å². The summed E-state index contributed by atoms with van der Waals surface area (Å²) in [5.41, 5.74) is 0.213. The summed E-state index contributed by atoms with van der Waals surface area (Å²) in [5, 5.41) is 2.71. The number of esters is 3. The van der Waals surface area contributed by atoms with Crippen molar-refractivity contribution in [2.45, 2.75) is 25.3 Å². The second kappa shape index (κ2) is 11.3. The van der Waals surface area contributed by atoms with Gasteiger partial charge in [0.25, 0.3) is 0 Å². The molecular formula is C25H29NO7. The highest BCUT2D eigenvalue weighted by Crippen LogP contribution is 2.33. The first-order valence-electron chi connectivity index (χ1n) is 10.4. The Morgan fingerprint density at radius 1 is 0.727 bits per heavy atom. The molecule has 2 atom stereocenters. The van der Waals surface area contributed by atoms with Gasteiger partial charge in [-0.2, -0.15) is 0 Å². The van der Waals surface area contributed by atoms with Gasteiger partial charge in [0.2, 0.25) is 5.91 Å². The number of nitrogens with one attached hydrogen (secondary N) is 1. The maximum Gasteiger partial charge on any atom is 0.328 e. The monoisotopic (exact) mass is 455 g/mol. The predicted octanol–water partition coefficient (Wildman–Crippen LogP) is 2.25. The van der Waals surface area contributed by atoms with Crippen molar-refractivity contribution in [2.75, 3.05) is 21.3 Å². The number of benzene rings is 2. The van der Waals surface area contributed by atoms with Crippen molar-refractivity contribution < 1.29 is 33.4 Å². The maximum absolute atomic E-state index is 13.8. The van der Waals surface area contributed by atoms with E-state index in [1.54, 1.807) is 6.92 Å². The van der Waals surface area contributed by atoms with E-state index in [1.165, 1.54) is 6.92 Å². The van der Waals surface area contributed by atoms with Gasteiger partial charge in [0.05, 0.1) is 26.7 Å². The molecule has 0 heterocycles. The smallest absolute Gasteiger partial charge is 0.328 e. The maximum atomic E-state index is 13.8. The van der Waals surface area contributed by atoms with Gasteiger partial charge in [-0.25, -0.2) is 4.79 Å². The highest BCUT2D eigenvalue weighted by atomic mass is 16.5. The molecule has 0 radical (unpaired) electrons. The first-order chi connectivity index (χ1) is 15.7. The quantitative estimate of drug-likeness (QED) is 0.351. The summed E-state index contributed by atoms with van der Waals surface area (Å²) in [7, 11) is 3.41. The lowest BCUT2D eigenvalue weighted by molar-refractivity contribution is -0.163. The van der Waals surface area contributed by atoms with Gasteiger partial charge in [-0.15, -0.1) is 0 Å². The minimum Gasteiger partial charge on any atom is -0.468 e. The van der Waals surface area contributed by atoms with Gasteiger partial charge in [0.15, 0.2) is 5.92 Å². The first kappa shape index (κ1) is 25.6. The van der Waals surface area contributed by atoms with Gasteiger partial charge in [-0.1, -0.05) is 67.6 Å². The van der Waals surface area contributed by atoms with Crippen LogP contribution in [0, 0.1) is 11.8 Å². The molecule has 2 aromatic rings. The predicted molar refractivity (Wildman–Crippen MR) is 120 cm³/mol. The average Bonchev–Trinajstić information content (AvgIpc) is 2.86. The van der Waals surface area contributed by atoms with E-state index in [4.69, 9.17) is 14.2 Å². The van der Waals surface area contributed by atoms with Gasteiger partial charge >= 0.3 is 17.9 Å². The average molecular weight is 456 g/mol. The first-order valence-corrected chi connectivity index (χ1v) is 10.4. The number of hydrogen-bond donors (Lipinski definition) is 1. The molecule has 0 aromatic heterocycles. The molecule has 33 heavy (non-hydrogen) atoms. The van der Waals surface area contributed by atoms with Crippen LogP contribution in [-0.4, -0.2) is 51.2 Å². The van der Waals surface area contributed by atoms with E-state index in [0.29, 0.717) is 11.1 Å². The fourth-order valence-corrected chi connectivity index (χ4v) is 3.76. The van der Waals surface area contributed by atoms with Crippen molar-refractivity contribution in [1.82, 2.24) is 5.32 Å². The minimum atomic E-state index is -1.44. The van der Waals surface area contributed by atoms with E-state index < -0.39 is 47.1 Å². The molecule has 0 saturated carbocycles. The summed E-state index contributed by atoms with van der Waals surface area (Å²) < 4.78 is 14.3. The summed E-state index contributed by atoms with van der Waals surface area (Å²) in [6, 6.07) is 16.9. The van der Waals surface area contributed by atoms with Crippen LogP contribution in [0.2, 0.25) is 0 Å². The molecular weight excluding hydrogens is 426 g/mol. The van der Waals surface area contributed by atoms with Gasteiger partial charge in [0, 0.05) is 5.92 Å². The molecule has 0 spiro atoms. The lowest BCUT2D eigenvalue weighted by Crippen LogP contribution is -2.55. The van der Waals surface area contributed by atoms with Crippen LogP contribution in [0.25, 0.3) is 0 Å². The number of rotatable bonds is 9. The van der Waals surface area contributed by atoms with Crippen LogP contribution in [0.1, 0.15) is 25.0 Å². The number of methoxy groups -OCH3 is 3. The minimum absolute atomic E-state index is 0.504. The third-order valence-corrected chi connectivity index (χ3v) is 5.86. The van der Waals surface area contributed by atoms with Crippen molar-refractivity contribution in [3.05, 3.63) is 71.8 Å². The van der Waals surface area contributed by atoms with Crippen molar-refractivity contribution in [3.63, 3.8) is 0 Å². The second-order valence-electron chi connectivity index (χ2n) is 7.71. The molecule has 8 nitrogen and oxygen atoms in total. The van der Waals surface area contributed by atoms with Crippen LogP contribution >= 0.6 is 0 Å². The van der Waals surface area contributed by atoms with E-state index in [1.807, 2.05) is 60.7 Å². The number of ether oxygens (including phenoxy) is 3. The molecule has 1 amide bonds. The Balaban J connectivity index is 2.52. The van der Waals surface area contributed by atoms with Crippen LogP contribution < -0.4 is 5.32 Å². The van der Waals surface area contributed by atoms with E-state index in [-0.39, 0.29) is 0 Å². The topological polar surface area (TPSA) is 108 Å². The summed E-state index contributed by atoms with van der Waals surface area (Å²) >= 11 is 0. The van der Waals surface area contributed by atoms with Crippen molar-refractivity contribution in [3.8, 4) is 0 Å². The Bertz CT molecular complexity index is 919. The zero-order valence-corrected chi connectivity index (χ0v) is 19.4. The Kier molecular flexibility index (Phi) is 8.73. The van der Waals surface area contributed by atoms with E-state index >= 15 is 0 Å². The molecule has 1 N–H and O–H groups in total. The Morgan fingerprint density at radius 3 is 1.48 bits per heavy atom. The Hall–Kier alpha value is -3.68. The Morgan fingerprint density at radius 2 is 1.12 bits per heavy atom. The van der Waals surface area contributed by atoms with Gasteiger partial charge in [0.1, 0.15) is 6.04 Å². The molecule has 2 aromatic carbocycles. The zero-order valence-electron chi connectivity index (χ0n) is 19.4. The molecule has 2 rings (SSSR count). The molecule has 0 aliphatic carbocycles. The van der Waals surface area contributed by atoms with Crippen molar-refractivity contribution in [2.24, 2.45) is 11.8 Å². The zero-order chi connectivity index (χ0) is 24.6. The summed E-state index contributed by atoms with van der Waals surface area (Å²) in [6.07, 6.45) is 0. The standard InChI is InChI=1S/C25H29NO7/c1-16(19(21(27)31-3)22(28)32-4)20(23(29)33-5)26-24(30)25(2,17-12-8-6-9-13-17)18-14-10-7-11-15-18/h6-16,19-20H,1-5H3,(H,26,30)/t16-,20-/m1/s1. The van der Waals surface area contributed by atoms with Crippen LogP contribution in [0.5, 0.6) is 0 Å². The SMILES string of the molecule is COC(=O)C(C(=O)OC)[C@@H](C)[C@@H](NC(=O)C(C)(c1ccccc1)c1ccccc1)C(=O)OC. The van der Waals surface area contributed by atoms with Crippen molar-refractivity contribution in [1.29, 1.82) is 0 Å². The van der Waals surface area contributed by atoms with Crippen LogP contribution in [-0.2, 0) is 38.8 Å². The molecule has 0 aliphatic rings. The van der Waals surface area contributed by atoms with Gasteiger partial charge in [-0.3, -0.25) is 14.4 Å². The molecule has 8 heteroatoms. The third-order valence-electron chi connectivity index (χ3n) is 5.86. The number of carbonyl (C=O) groups excluding carboxylic acids is 4. The van der Waals surface area contributed by atoms with Gasteiger partial charge in [-0.05, 0) is 18.1 Å². The summed E-state index contributed by atoms with van der Waals surface area (Å²) in [5.74, 6) is -5.54. The van der Waals surface area contributed by atoms with Crippen LogP contribution in [0.3, 0.4) is 0 Å².